The van der Waals surface area contributed by atoms with Gasteiger partial charge in [-0.05, 0) is 38.8 Å². The quantitative estimate of drug-likeness (QED) is 0.529. The van der Waals surface area contributed by atoms with Gasteiger partial charge < -0.3 is 14.8 Å². The van der Waals surface area contributed by atoms with Gasteiger partial charge in [0.2, 0.25) is 0 Å². The van der Waals surface area contributed by atoms with E-state index in [-0.39, 0.29) is 5.97 Å². The van der Waals surface area contributed by atoms with Gasteiger partial charge in [0, 0.05) is 6.61 Å². The summed E-state index contributed by atoms with van der Waals surface area (Å²) in [5.41, 5.74) is 0. The number of hydrogen-bond donors (Lipinski definition) is 1. The molecular weight excluding hydrogens is 194 g/mol. The van der Waals surface area contributed by atoms with Crippen LogP contribution >= 0.6 is 0 Å². The first-order valence-corrected chi connectivity index (χ1v) is 5.77. The van der Waals surface area contributed by atoms with Crippen molar-refractivity contribution in [2.75, 3.05) is 32.9 Å². The Morgan fingerprint density at radius 3 is 2.80 bits per heavy atom. The van der Waals surface area contributed by atoms with Crippen molar-refractivity contribution >= 4 is 5.97 Å². The third-order valence-electron chi connectivity index (χ3n) is 2.57. The zero-order chi connectivity index (χ0) is 10.9. The molecule has 1 fully saturated rings. The number of piperidine rings is 1. The first-order chi connectivity index (χ1) is 7.33. The second-order valence-electron chi connectivity index (χ2n) is 3.82. The molecule has 0 aromatic carbocycles. The molecule has 0 unspecified atom stereocenters. The van der Waals surface area contributed by atoms with Gasteiger partial charge in [-0.1, -0.05) is 0 Å². The first kappa shape index (κ1) is 12.5. The summed E-state index contributed by atoms with van der Waals surface area (Å²) in [5.74, 6) is 0.497. The van der Waals surface area contributed by atoms with Crippen molar-refractivity contribution in [3.8, 4) is 0 Å². The highest BCUT2D eigenvalue weighted by Gasteiger charge is 2.12. The maximum Gasteiger partial charge on any atom is 0.308 e. The van der Waals surface area contributed by atoms with E-state index in [4.69, 9.17) is 9.47 Å². The molecule has 0 amide bonds. The molecule has 1 heterocycles. The first-order valence-electron chi connectivity index (χ1n) is 5.77. The van der Waals surface area contributed by atoms with E-state index in [1.165, 1.54) is 12.8 Å². The predicted octanol–water partition coefficient (Wildman–Crippen LogP) is 0.956. The van der Waals surface area contributed by atoms with Gasteiger partial charge in [-0.2, -0.15) is 0 Å². The van der Waals surface area contributed by atoms with E-state index in [9.17, 15) is 4.79 Å². The minimum Gasteiger partial charge on any atom is -0.466 e. The smallest absolute Gasteiger partial charge is 0.308 e. The highest BCUT2D eigenvalue weighted by molar-refractivity contribution is 5.69. The Hall–Kier alpha value is -0.610. The number of esters is 1. The summed E-state index contributed by atoms with van der Waals surface area (Å²) < 4.78 is 10.3. The number of ether oxygens (including phenoxy) is 2. The van der Waals surface area contributed by atoms with Gasteiger partial charge in [0.25, 0.3) is 0 Å². The Bertz CT molecular complexity index is 179. The van der Waals surface area contributed by atoms with Crippen LogP contribution in [0.15, 0.2) is 0 Å². The summed E-state index contributed by atoms with van der Waals surface area (Å²) in [6.07, 6.45) is 2.73. The van der Waals surface area contributed by atoms with Crippen molar-refractivity contribution in [1.82, 2.24) is 5.32 Å². The van der Waals surface area contributed by atoms with Crippen molar-refractivity contribution in [3.05, 3.63) is 0 Å². The Morgan fingerprint density at radius 1 is 1.40 bits per heavy atom. The van der Waals surface area contributed by atoms with Gasteiger partial charge in [0.1, 0.15) is 0 Å². The largest absolute Gasteiger partial charge is 0.466 e. The summed E-state index contributed by atoms with van der Waals surface area (Å²) in [7, 11) is 0. The van der Waals surface area contributed by atoms with Gasteiger partial charge >= 0.3 is 5.97 Å². The van der Waals surface area contributed by atoms with Crippen LogP contribution in [0.5, 0.6) is 0 Å². The standard InChI is InChI=1S/C11H21NO3/c1-2-15-11(13)5-8-14-9-10-3-6-12-7-4-10/h10,12H,2-9H2,1H3. The average Bonchev–Trinajstić information content (AvgIpc) is 2.26. The van der Waals surface area contributed by atoms with Crippen molar-refractivity contribution in [3.63, 3.8) is 0 Å². The molecule has 0 spiro atoms. The Morgan fingerprint density at radius 2 is 2.13 bits per heavy atom. The van der Waals surface area contributed by atoms with Crippen LogP contribution in [-0.4, -0.2) is 38.9 Å². The molecule has 88 valence electrons. The third-order valence-corrected chi connectivity index (χ3v) is 2.57. The monoisotopic (exact) mass is 215 g/mol. The van der Waals surface area contributed by atoms with E-state index in [1.807, 2.05) is 6.92 Å². The number of hydrogen-bond acceptors (Lipinski definition) is 4. The Kier molecular flexibility index (Phi) is 6.36. The molecular formula is C11H21NO3. The topological polar surface area (TPSA) is 47.6 Å². The fourth-order valence-electron chi connectivity index (χ4n) is 1.69. The van der Waals surface area contributed by atoms with Crippen LogP contribution in [0.4, 0.5) is 0 Å². The molecule has 0 radical (unpaired) electrons. The van der Waals surface area contributed by atoms with Crippen molar-refractivity contribution in [1.29, 1.82) is 0 Å². The zero-order valence-electron chi connectivity index (χ0n) is 9.46. The van der Waals surface area contributed by atoms with Crippen molar-refractivity contribution in [2.24, 2.45) is 5.92 Å². The molecule has 0 aromatic rings. The molecule has 1 saturated heterocycles. The zero-order valence-corrected chi connectivity index (χ0v) is 9.46. The van der Waals surface area contributed by atoms with E-state index in [2.05, 4.69) is 5.32 Å². The fourth-order valence-corrected chi connectivity index (χ4v) is 1.69. The lowest BCUT2D eigenvalue weighted by atomic mass is 9.99. The minimum atomic E-state index is -0.164. The Balaban J connectivity index is 1.93. The molecule has 1 N–H and O–H groups in total. The van der Waals surface area contributed by atoms with E-state index < -0.39 is 0 Å². The second kappa shape index (κ2) is 7.65. The highest BCUT2D eigenvalue weighted by Crippen LogP contribution is 2.11. The van der Waals surface area contributed by atoms with Crippen LogP contribution in [0, 0.1) is 5.92 Å². The SMILES string of the molecule is CCOC(=O)CCOCC1CCNCC1. The van der Waals surface area contributed by atoms with Crippen molar-refractivity contribution < 1.29 is 14.3 Å². The van der Waals surface area contributed by atoms with E-state index in [0.29, 0.717) is 25.6 Å². The van der Waals surface area contributed by atoms with Crippen LogP contribution in [-0.2, 0) is 14.3 Å². The summed E-state index contributed by atoms with van der Waals surface area (Å²) in [6.45, 7) is 5.71. The third kappa shape index (κ3) is 5.74. The van der Waals surface area contributed by atoms with E-state index in [0.717, 1.165) is 19.7 Å². The number of carbonyl (C=O) groups is 1. The minimum absolute atomic E-state index is 0.164. The maximum atomic E-state index is 11.0. The van der Waals surface area contributed by atoms with Crippen LogP contribution in [0.2, 0.25) is 0 Å². The number of nitrogens with one attached hydrogen (secondary N) is 1. The van der Waals surface area contributed by atoms with Gasteiger partial charge in [-0.15, -0.1) is 0 Å². The van der Waals surface area contributed by atoms with E-state index >= 15 is 0 Å². The fraction of sp³-hybridized carbons (Fsp3) is 0.909. The average molecular weight is 215 g/mol. The molecule has 1 aliphatic heterocycles. The molecule has 1 rings (SSSR count). The van der Waals surface area contributed by atoms with Crippen LogP contribution in [0.3, 0.4) is 0 Å². The molecule has 4 heteroatoms. The summed E-state index contributed by atoms with van der Waals surface area (Å²) in [6, 6.07) is 0. The van der Waals surface area contributed by atoms with Gasteiger partial charge in [0.15, 0.2) is 0 Å². The van der Waals surface area contributed by atoms with Gasteiger partial charge in [-0.25, -0.2) is 0 Å². The van der Waals surface area contributed by atoms with Gasteiger partial charge in [0.05, 0.1) is 19.6 Å². The molecule has 0 aliphatic carbocycles. The normalized spacial score (nSPS) is 17.7. The highest BCUT2D eigenvalue weighted by atomic mass is 16.5. The van der Waals surface area contributed by atoms with Crippen LogP contribution in [0.25, 0.3) is 0 Å². The summed E-state index contributed by atoms with van der Waals surface area (Å²) in [5, 5.41) is 3.31. The lowest BCUT2D eigenvalue weighted by molar-refractivity contribution is -0.144. The lowest BCUT2D eigenvalue weighted by Gasteiger charge is -2.22. The number of rotatable bonds is 6. The summed E-state index contributed by atoms with van der Waals surface area (Å²) in [4.78, 5) is 11.0. The predicted molar refractivity (Wildman–Crippen MR) is 57.7 cm³/mol. The number of carbonyl (C=O) groups excluding carboxylic acids is 1. The van der Waals surface area contributed by atoms with Crippen LogP contribution in [0.1, 0.15) is 26.2 Å². The maximum absolute atomic E-state index is 11.0. The lowest BCUT2D eigenvalue weighted by Crippen LogP contribution is -2.30. The van der Waals surface area contributed by atoms with Gasteiger partial charge in [-0.3, -0.25) is 4.79 Å². The molecule has 15 heavy (non-hydrogen) atoms. The van der Waals surface area contributed by atoms with Crippen molar-refractivity contribution in [2.45, 2.75) is 26.2 Å². The summed E-state index contributed by atoms with van der Waals surface area (Å²) >= 11 is 0. The molecule has 0 atom stereocenters. The molecule has 0 saturated carbocycles. The molecule has 0 bridgehead atoms. The molecule has 0 aromatic heterocycles. The second-order valence-corrected chi connectivity index (χ2v) is 3.82. The molecule has 1 aliphatic rings. The Labute approximate surface area is 91.3 Å². The van der Waals surface area contributed by atoms with Crippen LogP contribution < -0.4 is 5.32 Å². The van der Waals surface area contributed by atoms with E-state index in [1.54, 1.807) is 0 Å². The molecule has 4 nitrogen and oxygen atoms in total.